The summed E-state index contributed by atoms with van der Waals surface area (Å²) in [5, 5.41) is 4.13. The third-order valence-corrected chi connectivity index (χ3v) is 4.59. The van der Waals surface area contributed by atoms with E-state index in [4.69, 9.17) is 11.6 Å². The second-order valence-electron chi connectivity index (χ2n) is 6.58. The van der Waals surface area contributed by atoms with E-state index in [0.29, 0.717) is 13.1 Å². The topological polar surface area (TPSA) is 35.8 Å². The molecule has 0 bridgehead atoms. The number of guanidine groups is 1. The number of hydrogen-bond donors (Lipinski definition) is 1. The maximum Gasteiger partial charge on any atom is 0.193 e. The molecule has 8 heteroatoms. The van der Waals surface area contributed by atoms with Gasteiger partial charge in [-0.1, -0.05) is 23.7 Å². The fourth-order valence-corrected chi connectivity index (χ4v) is 3.17. The summed E-state index contributed by atoms with van der Waals surface area (Å²) in [4.78, 5) is 8.52. The summed E-state index contributed by atoms with van der Waals surface area (Å²) in [5.41, 5.74) is 2.15. The maximum atomic E-state index is 13.2. The number of nitrogens with one attached hydrogen (secondary N) is 1. The first-order valence-corrected chi connectivity index (χ1v) is 8.84. The Bertz CT molecular complexity index is 745. The molecular formula is C19H28ClFIN5. The molecule has 0 amide bonds. The molecule has 1 aromatic heterocycles. The van der Waals surface area contributed by atoms with Gasteiger partial charge in [0.2, 0.25) is 0 Å². The van der Waals surface area contributed by atoms with Crippen LogP contribution < -0.4 is 5.32 Å². The smallest absolute Gasteiger partial charge is 0.193 e. The fourth-order valence-electron chi connectivity index (χ4n) is 2.90. The van der Waals surface area contributed by atoms with Gasteiger partial charge < -0.3 is 19.7 Å². The molecule has 2 rings (SSSR count). The Morgan fingerprint density at radius 3 is 2.37 bits per heavy atom. The summed E-state index contributed by atoms with van der Waals surface area (Å²) in [5.74, 6) is 0.562. The monoisotopic (exact) mass is 507 g/mol. The van der Waals surface area contributed by atoms with E-state index in [-0.39, 0.29) is 35.8 Å². The molecule has 0 aliphatic rings. The van der Waals surface area contributed by atoms with Crippen molar-refractivity contribution >= 4 is 41.5 Å². The molecule has 0 aliphatic carbocycles. The molecule has 150 valence electrons. The quantitative estimate of drug-likeness (QED) is 0.368. The Balaban J connectivity index is 0.00000364. The van der Waals surface area contributed by atoms with Crippen molar-refractivity contribution in [1.82, 2.24) is 19.7 Å². The predicted molar refractivity (Wildman–Crippen MR) is 121 cm³/mol. The van der Waals surface area contributed by atoms with Crippen LogP contribution in [0.15, 0.2) is 41.5 Å². The first-order chi connectivity index (χ1) is 12.3. The van der Waals surface area contributed by atoms with Gasteiger partial charge in [-0.2, -0.15) is 0 Å². The lowest BCUT2D eigenvalue weighted by atomic mass is 10.1. The lowest BCUT2D eigenvalue weighted by molar-refractivity contribution is 0.295. The summed E-state index contributed by atoms with van der Waals surface area (Å²) in [6.45, 7) is 1.34. The van der Waals surface area contributed by atoms with E-state index < -0.39 is 0 Å². The standard InChI is InChI=1S/C19H27ClFN5.HI/c1-22-19(26(5)13-17-10-15(20)12-25(17)4)23-11-18(24(2)3)14-6-8-16(21)9-7-14;/h6-10,12,18H,11,13H2,1-5H3,(H,22,23);1H. The number of halogens is 3. The molecule has 1 unspecified atom stereocenters. The van der Waals surface area contributed by atoms with Gasteiger partial charge in [-0.05, 0) is 37.9 Å². The van der Waals surface area contributed by atoms with Crippen LogP contribution in [0.3, 0.4) is 0 Å². The van der Waals surface area contributed by atoms with Crippen molar-refractivity contribution in [3.05, 3.63) is 58.6 Å². The number of rotatable bonds is 6. The summed E-state index contributed by atoms with van der Waals surface area (Å²) in [6, 6.07) is 8.68. The molecule has 27 heavy (non-hydrogen) atoms. The molecule has 1 aromatic carbocycles. The van der Waals surface area contributed by atoms with Crippen LogP contribution in [0.25, 0.3) is 0 Å². The molecule has 1 N–H and O–H groups in total. The van der Waals surface area contributed by atoms with E-state index in [9.17, 15) is 4.39 Å². The maximum absolute atomic E-state index is 13.2. The van der Waals surface area contributed by atoms with Crippen LogP contribution in [0.4, 0.5) is 4.39 Å². The average molecular weight is 508 g/mol. The third-order valence-electron chi connectivity index (χ3n) is 4.38. The molecule has 0 fully saturated rings. The van der Waals surface area contributed by atoms with Gasteiger partial charge in [-0.3, -0.25) is 4.99 Å². The van der Waals surface area contributed by atoms with Crippen molar-refractivity contribution in [2.75, 3.05) is 34.7 Å². The zero-order valence-corrected chi connectivity index (χ0v) is 19.5. The van der Waals surface area contributed by atoms with Crippen molar-refractivity contribution in [2.45, 2.75) is 12.6 Å². The van der Waals surface area contributed by atoms with Gasteiger partial charge in [0, 0.05) is 39.6 Å². The van der Waals surface area contributed by atoms with E-state index in [0.717, 1.165) is 22.2 Å². The number of likely N-dealkylation sites (N-methyl/N-ethyl adjacent to an activating group) is 1. The first-order valence-electron chi connectivity index (χ1n) is 8.46. The molecule has 0 spiro atoms. The highest BCUT2D eigenvalue weighted by Crippen LogP contribution is 2.18. The third kappa shape index (κ3) is 6.65. The van der Waals surface area contributed by atoms with Crippen LogP contribution >= 0.6 is 35.6 Å². The summed E-state index contributed by atoms with van der Waals surface area (Å²) < 4.78 is 15.2. The number of hydrogen-bond acceptors (Lipinski definition) is 2. The molecule has 2 aromatic rings. The van der Waals surface area contributed by atoms with Crippen molar-refractivity contribution in [2.24, 2.45) is 12.0 Å². The second kappa shape index (κ2) is 10.9. The predicted octanol–water partition coefficient (Wildman–Crippen LogP) is 3.75. The van der Waals surface area contributed by atoms with Gasteiger partial charge >= 0.3 is 0 Å². The van der Waals surface area contributed by atoms with E-state index in [1.54, 1.807) is 7.05 Å². The Hall–Kier alpha value is -1.32. The van der Waals surface area contributed by atoms with E-state index >= 15 is 0 Å². The molecular weight excluding hydrogens is 480 g/mol. The number of nitrogens with zero attached hydrogens (tertiary/aromatic N) is 4. The first kappa shape index (κ1) is 23.7. The highest BCUT2D eigenvalue weighted by molar-refractivity contribution is 14.0. The lowest BCUT2D eigenvalue weighted by Crippen LogP contribution is -2.42. The van der Waals surface area contributed by atoms with Crippen LogP contribution in [0.1, 0.15) is 17.3 Å². The number of benzene rings is 1. The SMILES string of the molecule is CN=C(NCC(c1ccc(F)cc1)N(C)C)N(C)Cc1cc(Cl)cn1C.I. The van der Waals surface area contributed by atoms with E-state index in [2.05, 4.69) is 15.2 Å². The molecule has 0 saturated carbocycles. The summed E-state index contributed by atoms with van der Waals surface area (Å²) >= 11 is 6.06. The van der Waals surface area contributed by atoms with E-state index in [1.165, 1.54) is 12.1 Å². The molecule has 0 radical (unpaired) electrons. The minimum absolute atomic E-state index is 0. The van der Waals surface area contributed by atoms with Crippen molar-refractivity contribution < 1.29 is 4.39 Å². The highest BCUT2D eigenvalue weighted by Gasteiger charge is 2.16. The van der Waals surface area contributed by atoms with Crippen molar-refractivity contribution in [3.63, 3.8) is 0 Å². The molecule has 0 saturated heterocycles. The largest absolute Gasteiger partial charge is 0.354 e. The zero-order valence-electron chi connectivity index (χ0n) is 16.4. The lowest BCUT2D eigenvalue weighted by Gasteiger charge is -2.28. The number of aromatic nitrogens is 1. The van der Waals surface area contributed by atoms with Crippen LogP contribution in [0.2, 0.25) is 5.02 Å². The minimum Gasteiger partial charge on any atom is -0.354 e. The average Bonchev–Trinajstić information content (AvgIpc) is 2.89. The van der Waals surface area contributed by atoms with Crippen molar-refractivity contribution in [3.8, 4) is 0 Å². The summed E-state index contributed by atoms with van der Waals surface area (Å²) in [6.07, 6.45) is 1.89. The van der Waals surface area contributed by atoms with Gasteiger partial charge in [-0.15, -0.1) is 24.0 Å². The normalized spacial score (nSPS) is 12.7. The Morgan fingerprint density at radius 1 is 1.26 bits per heavy atom. The minimum atomic E-state index is -0.226. The summed E-state index contributed by atoms with van der Waals surface area (Å²) in [7, 11) is 9.74. The van der Waals surface area contributed by atoms with Crippen LogP contribution in [0.5, 0.6) is 0 Å². The Kier molecular flexibility index (Phi) is 9.55. The zero-order chi connectivity index (χ0) is 19.3. The molecule has 1 heterocycles. The second-order valence-corrected chi connectivity index (χ2v) is 7.01. The Labute approximate surface area is 183 Å². The molecule has 5 nitrogen and oxygen atoms in total. The van der Waals surface area contributed by atoms with Gasteiger partial charge in [-0.25, -0.2) is 4.39 Å². The van der Waals surface area contributed by atoms with E-state index in [1.807, 2.05) is 62.1 Å². The van der Waals surface area contributed by atoms with Crippen LogP contribution in [0, 0.1) is 5.82 Å². The molecule has 1 atom stereocenters. The molecule has 0 aliphatic heterocycles. The Morgan fingerprint density at radius 2 is 1.89 bits per heavy atom. The van der Waals surface area contributed by atoms with Crippen molar-refractivity contribution in [1.29, 1.82) is 0 Å². The highest BCUT2D eigenvalue weighted by atomic mass is 127. The fraction of sp³-hybridized carbons (Fsp3) is 0.421. The van der Waals surface area contributed by atoms with Gasteiger partial charge in [0.15, 0.2) is 5.96 Å². The van der Waals surface area contributed by atoms with Crippen LogP contribution in [-0.2, 0) is 13.6 Å². The van der Waals surface area contributed by atoms with Gasteiger partial charge in [0.1, 0.15) is 5.82 Å². The van der Waals surface area contributed by atoms with Gasteiger partial charge in [0.05, 0.1) is 17.6 Å². The van der Waals surface area contributed by atoms with Gasteiger partial charge in [0.25, 0.3) is 0 Å². The van der Waals surface area contributed by atoms with Crippen LogP contribution in [-0.4, -0.2) is 55.1 Å². The number of aliphatic imine (C=N–C) groups is 1. The number of aryl methyl sites for hydroxylation is 1.